The molecule has 6 heteroatoms. The van der Waals surface area contributed by atoms with Crippen LogP contribution in [0.25, 0.3) is 0 Å². The minimum Gasteiger partial charge on any atom is -0.381 e. The van der Waals surface area contributed by atoms with Crippen LogP contribution < -0.4 is 4.90 Å². The molecular formula is C19H24N4O2. The summed E-state index contributed by atoms with van der Waals surface area (Å²) in [5.74, 6) is 1.20. The lowest BCUT2D eigenvalue weighted by molar-refractivity contribution is -0.149. The van der Waals surface area contributed by atoms with Crippen molar-refractivity contribution in [1.82, 2.24) is 9.88 Å². The fourth-order valence-corrected chi connectivity index (χ4v) is 4.53. The highest BCUT2D eigenvalue weighted by atomic mass is 16.5. The molecule has 0 aromatic carbocycles. The summed E-state index contributed by atoms with van der Waals surface area (Å²) in [4.78, 5) is 22.1. The molecule has 0 aliphatic carbocycles. The van der Waals surface area contributed by atoms with Crippen LogP contribution in [0.3, 0.4) is 0 Å². The molecule has 1 atom stereocenters. The molecule has 3 aliphatic rings. The van der Waals surface area contributed by atoms with Crippen LogP contribution in [0.2, 0.25) is 0 Å². The summed E-state index contributed by atoms with van der Waals surface area (Å²) in [5, 5.41) is 8.92. The number of piperidine rings is 1. The van der Waals surface area contributed by atoms with E-state index in [2.05, 4.69) is 20.9 Å². The summed E-state index contributed by atoms with van der Waals surface area (Å²) in [7, 11) is 0. The molecule has 0 unspecified atom stereocenters. The molecule has 1 aromatic rings. The fourth-order valence-electron chi connectivity index (χ4n) is 4.53. The summed E-state index contributed by atoms with van der Waals surface area (Å²) in [6.07, 6.45) is 6.48. The number of nitriles is 1. The molecule has 0 N–H and O–H groups in total. The van der Waals surface area contributed by atoms with Gasteiger partial charge in [-0.15, -0.1) is 0 Å². The highest BCUT2D eigenvalue weighted by Gasteiger charge is 2.49. The lowest BCUT2D eigenvalue weighted by atomic mass is 9.77. The van der Waals surface area contributed by atoms with Crippen LogP contribution in [0.1, 0.15) is 37.7 Å². The van der Waals surface area contributed by atoms with E-state index in [9.17, 15) is 4.79 Å². The van der Waals surface area contributed by atoms with Crippen LogP contribution in [-0.4, -0.2) is 54.7 Å². The molecule has 0 bridgehead atoms. The van der Waals surface area contributed by atoms with Gasteiger partial charge in [0.05, 0.1) is 11.0 Å². The average Bonchev–Trinajstić information content (AvgIpc) is 3.10. The van der Waals surface area contributed by atoms with Crippen LogP contribution in [0.15, 0.2) is 18.3 Å². The normalized spacial score (nSPS) is 27.7. The first-order valence-electron chi connectivity index (χ1n) is 9.22. The quantitative estimate of drug-likeness (QED) is 0.823. The summed E-state index contributed by atoms with van der Waals surface area (Å²) >= 11 is 0. The Kier molecular flexibility index (Phi) is 4.34. The Morgan fingerprint density at radius 1 is 1.24 bits per heavy atom. The number of hydrogen-bond donors (Lipinski definition) is 0. The van der Waals surface area contributed by atoms with Gasteiger partial charge in [0.1, 0.15) is 11.9 Å². The van der Waals surface area contributed by atoms with Gasteiger partial charge in [-0.1, -0.05) is 0 Å². The van der Waals surface area contributed by atoms with Crippen molar-refractivity contribution >= 4 is 11.7 Å². The van der Waals surface area contributed by atoms with Crippen molar-refractivity contribution in [3.8, 4) is 6.07 Å². The van der Waals surface area contributed by atoms with E-state index in [0.717, 1.165) is 70.8 Å². The number of ether oxygens (including phenoxy) is 1. The molecular weight excluding hydrogens is 316 g/mol. The molecule has 1 aromatic heterocycles. The predicted octanol–water partition coefficient (Wildman–Crippen LogP) is 1.95. The third kappa shape index (κ3) is 2.98. The monoisotopic (exact) mass is 340 g/mol. The van der Waals surface area contributed by atoms with E-state index in [1.807, 2.05) is 6.07 Å². The van der Waals surface area contributed by atoms with E-state index in [0.29, 0.717) is 17.5 Å². The van der Waals surface area contributed by atoms with Gasteiger partial charge in [0.25, 0.3) is 0 Å². The van der Waals surface area contributed by atoms with Crippen molar-refractivity contribution in [3.63, 3.8) is 0 Å². The van der Waals surface area contributed by atoms with Gasteiger partial charge in [0.2, 0.25) is 5.91 Å². The highest BCUT2D eigenvalue weighted by Crippen LogP contribution is 2.42. The first-order chi connectivity index (χ1) is 12.2. The third-order valence-corrected chi connectivity index (χ3v) is 5.96. The molecule has 1 spiro atoms. The van der Waals surface area contributed by atoms with Crippen molar-refractivity contribution in [1.29, 1.82) is 5.26 Å². The van der Waals surface area contributed by atoms with E-state index in [1.54, 1.807) is 12.3 Å². The lowest BCUT2D eigenvalue weighted by Crippen LogP contribution is -2.54. The molecule has 3 fully saturated rings. The van der Waals surface area contributed by atoms with Crippen LogP contribution in [0, 0.1) is 16.7 Å². The summed E-state index contributed by atoms with van der Waals surface area (Å²) in [5.41, 5.74) is 0.309. The maximum absolute atomic E-state index is 13.3. The first-order valence-corrected chi connectivity index (χ1v) is 9.22. The molecule has 0 saturated carbocycles. The first kappa shape index (κ1) is 16.3. The topological polar surface area (TPSA) is 69.5 Å². The maximum Gasteiger partial charge on any atom is 0.230 e. The Balaban J connectivity index is 1.49. The Bertz CT molecular complexity index is 678. The molecule has 3 aliphatic heterocycles. The average molecular weight is 340 g/mol. The second-order valence-electron chi connectivity index (χ2n) is 7.41. The number of aromatic nitrogens is 1. The van der Waals surface area contributed by atoms with Crippen molar-refractivity contribution in [2.45, 2.75) is 38.1 Å². The van der Waals surface area contributed by atoms with E-state index in [4.69, 9.17) is 10.00 Å². The van der Waals surface area contributed by atoms with Gasteiger partial charge >= 0.3 is 0 Å². The van der Waals surface area contributed by atoms with Crippen LogP contribution >= 0.6 is 0 Å². The highest BCUT2D eigenvalue weighted by molar-refractivity contribution is 5.85. The van der Waals surface area contributed by atoms with Gasteiger partial charge in [-0.2, -0.15) is 5.26 Å². The van der Waals surface area contributed by atoms with Gasteiger partial charge in [0.15, 0.2) is 0 Å². The standard InChI is InChI=1S/C19H24N4O2/c20-12-15-2-3-17(21-13-15)22-9-7-19(14-22)6-1-8-23(18(19)24)16-4-10-25-11-5-16/h2-3,13,16H,1,4-11,14H2/t19-/m0/s1. The van der Waals surface area contributed by atoms with E-state index in [-0.39, 0.29) is 5.41 Å². The number of carbonyl (C=O) groups is 1. The fraction of sp³-hybridized carbons (Fsp3) is 0.632. The second-order valence-corrected chi connectivity index (χ2v) is 7.41. The number of carbonyl (C=O) groups excluding carboxylic acids is 1. The number of rotatable bonds is 2. The predicted molar refractivity (Wildman–Crippen MR) is 93.0 cm³/mol. The zero-order valence-corrected chi connectivity index (χ0v) is 14.5. The molecule has 4 heterocycles. The van der Waals surface area contributed by atoms with Crippen molar-refractivity contribution in [3.05, 3.63) is 23.9 Å². The van der Waals surface area contributed by atoms with Gasteiger partial charge in [-0.25, -0.2) is 4.98 Å². The van der Waals surface area contributed by atoms with Crippen molar-refractivity contribution < 1.29 is 9.53 Å². The van der Waals surface area contributed by atoms with Gasteiger partial charge in [0, 0.05) is 45.1 Å². The number of pyridine rings is 1. The molecule has 25 heavy (non-hydrogen) atoms. The van der Waals surface area contributed by atoms with E-state index >= 15 is 0 Å². The molecule has 6 nitrogen and oxygen atoms in total. The summed E-state index contributed by atoms with van der Waals surface area (Å²) < 4.78 is 5.46. The van der Waals surface area contributed by atoms with Crippen LogP contribution in [0.5, 0.6) is 0 Å². The molecule has 0 radical (unpaired) electrons. The SMILES string of the molecule is N#Cc1ccc(N2CC[C@@]3(CCCN(C4CCOCC4)C3=O)C2)nc1. The smallest absolute Gasteiger partial charge is 0.230 e. The third-order valence-electron chi connectivity index (χ3n) is 5.96. The number of amides is 1. The zero-order valence-electron chi connectivity index (χ0n) is 14.5. The largest absolute Gasteiger partial charge is 0.381 e. The summed E-state index contributed by atoms with van der Waals surface area (Å²) in [6.45, 7) is 4.02. The Labute approximate surface area is 148 Å². The maximum atomic E-state index is 13.3. The number of anilines is 1. The molecule has 132 valence electrons. The van der Waals surface area contributed by atoms with Crippen LogP contribution in [-0.2, 0) is 9.53 Å². The number of likely N-dealkylation sites (tertiary alicyclic amines) is 1. The van der Waals surface area contributed by atoms with E-state index < -0.39 is 0 Å². The van der Waals surface area contributed by atoms with Gasteiger partial charge < -0.3 is 14.5 Å². The minimum atomic E-state index is -0.258. The van der Waals surface area contributed by atoms with Gasteiger partial charge in [-0.3, -0.25) is 4.79 Å². The number of hydrogen-bond acceptors (Lipinski definition) is 5. The zero-order chi connectivity index (χ0) is 17.3. The Hall–Kier alpha value is -2.13. The van der Waals surface area contributed by atoms with Gasteiger partial charge in [-0.05, 0) is 44.2 Å². The van der Waals surface area contributed by atoms with E-state index in [1.165, 1.54) is 0 Å². The molecule has 1 amide bonds. The molecule has 3 saturated heterocycles. The Morgan fingerprint density at radius 3 is 2.80 bits per heavy atom. The summed E-state index contributed by atoms with van der Waals surface area (Å²) in [6, 6.07) is 6.13. The van der Waals surface area contributed by atoms with Crippen molar-refractivity contribution in [2.75, 3.05) is 37.7 Å². The number of nitrogens with zero attached hydrogens (tertiary/aromatic N) is 4. The molecule has 4 rings (SSSR count). The second kappa shape index (κ2) is 6.64. The van der Waals surface area contributed by atoms with Crippen LogP contribution in [0.4, 0.5) is 5.82 Å². The van der Waals surface area contributed by atoms with Crippen molar-refractivity contribution in [2.24, 2.45) is 5.41 Å². The minimum absolute atomic E-state index is 0.258. The lowest BCUT2D eigenvalue weighted by Gasteiger charge is -2.44. The Morgan fingerprint density at radius 2 is 2.08 bits per heavy atom.